The fourth-order valence-electron chi connectivity index (χ4n) is 4.66. The molecule has 2 amide bonds. The highest BCUT2D eigenvalue weighted by molar-refractivity contribution is 6.30. The van der Waals surface area contributed by atoms with Gasteiger partial charge in [-0.25, -0.2) is 0 Å². The minimum atomic E-state index is -0.423. The van der Waals surface area contributed by atoms with Crippen molar-refractivity contribution in [2.45, 2.75) is 64.5 Å². The predicted octanol–water partition coefficient (Wildman–Crippen LogP) is 4.99. The molecule has 2 aliphatic rings. The van der Waals surface area contributed by atoms with Crippen LogP contribution in [0.15, 0.2) is 36.9 Å². The van der Waals surface area contributed by atoms with E-state index < -0.39 is 5.41 Å². The van der Waals surface area contributed by atoms with Crippen molar-refractivity contribution in [3.05, 3.63) is 47.5 Å². The van der Waals surface area contributed by atoms with Gasteiger partial charge in [0.2, 0.25) is 11.8 Å². The Labute approximate surface area is 173 Å². The van der Waals surface area contributed by atoms with Crippen molar-refractivity contribution >= 4 is 23.4 Å². The van der Waals surface area contributed by atoms with E-state index in [-0.39, 0.29) is 23.9 Å². The van der Waals surface area contributed by atoms with Gasteiger partial charge in [-0.05, 0) is 49.8 Å². The first-order valence-electron chi connectivity index (χ1n) is 10.4. The molecule has 4 nitrogen and oxygen atoms in total. The topological polar surface area (TPSA) is 40.6 Å². The highest BCUT2D eigenvalue weighted by Gasteiger charge is 2.46. The van der Waals surface area contributed by atoms with Crippen LogP contribution in [0.3, 0.4) is 0 Å². The molecular formula is C23H31ClN2O2. The average molecular weight is 403 g/mol. The molecule has 2 aliphatic heterocycles. The second-order valence-corrected chi connectivity index (χ2v) is 8.81. The monoisotopic (exact) mass is 402 g/mol. The van der Waals surface area contributed by atoms with Crippen LogP contribution < -0.4 is 0 Å². The lowest BCUT2D eigenvalue weighted by atomic mass is 9.74. The number of hydrogen-bond donors (Lipinski definition) is 0. The third-order valence-electron chi connectivity index (χ3n) is 6.37. The molecular weight excluding hydrogens is 372 g/mol. The molecule has 0 bridgehead atoms. The maximum atomic E-state index is 13.7. The van der Waals surface area contributed by atoms with Gasteiger partial charge in [0.15, 0.2) is 0 Å². The van der Waals surface area contributed by atoms with Gasteiger partial charge in [0.25, 0.3) is 0 Å². The van der Waals surface area contributed by atoms with Crippen molar-refractivity contribution in [1.82, 2.24) is 9.80 Å². The van der Waals surface area contributed by atoms with Gasteiger partial charge in [0.05, 0.1) is 11.5 Å². The zero-order chi connectivity index (χ0) is 20.3. The van der Waals surface area contributed by atoms with Crippen molar-refractivity contribution in [1.29, 1.82) is 0 Å². The van der Waals surface area contributed by atoms with E-state index in [0.29, 0.717) is 24.4 Å². The first-order valence-corrected chi connectivity index (χ1v) is 10.7. The predicted molar refractivity (Wildman–Crippen MR) is 113 cm³/mol. The number of rotatable bonds is 7. The number of likely N-dealkylation sites (tertiary alicyclic amines) is 2. The fourth-order valence-corrected chi connectivity index (χ4v) is 4.79. The summed E-state index contributed by atoms with van der Waals surface area (Å²) in [4.78, 5) is 29.9. The molecule has 0 aliphatic carbocycles. The lowest BCUT2D eigenvalue weighted by Gasteiger charge is -2.48. The van der Waals surface area contributed by atoms with Crippen LogP contribution in [0.2, 0.25) is 5.02 Å². The van der Waals surface area contributed by atoms with Gasteiger partial charge in [-0.15, -0.1) is 6.58 Å². The summed E-state index contributed by atoms with van der Waals surface area (Å²) >= 11 is 6.09. The van der Waals surface area contributed by atoms with E-state index in [9.17, 15) is 9.59 Å². The van der Waals surface area contributed by atoms with E-state index >= 15 is 0 Å². The number of halogens is 1. The Hall–Kier alpha value is -1.81. The molecule has 0 N–H and O–H groups in total. The molecule has 152 valence electrons. The van der Waals surface area contributed by atoms with Crippen LogP contribution in [-0.2, 0) is 9.59 Å². The fraction of sp³-hybridized carbons (Fsp3) is 0.565. The Morgan fingerprint density at radius 3 is 2.61 bits per heavy atom. The van der Waals surface area contributed by atoms with Crippen LogP contribution in [0.4, 0.5) is 0 Å². The lowest BCUT2D eigenvalue weighted by Crippen LogP contribution is -2.55. The van der Waals surface area contributed by atoms with Crippen molar-refractivity contribution in [3.8, 4) is 0 Å². The summed E-state index contributed by atoms with van der Waals surface area (Å²) < 4.78 is 0. The third-order valence-corrected chi connectivity index (χ3v) is 6.62. The molecule has 2 heterocycles. The summed E-state index contributed by atoms with van der Waals surface area (Å²) in [6.07, 6.45) is 6.63. The van der Waals surface area contributed by atoms with Crippen LogP contribution in [0.1, 0.15) is 64.0 Å². The van der Waals surface area contributed by atoms with Crippen molar-refractivity contribution in [2.75, 3.05) is 13.1 Å². The third kappa shape index (κ3) is 4.12. The van der Waals surface area contributed by atoms with Gasteiger partial charge in [0, 0.05) is 30.6 Å². The number of amides is 2. The van der Waals surface area contributed by atoms with Gasteiger partial charge in [-0.2, -0.15) is 0 Å². The molecule has 28 heavy (non-hydrogen) atoms. The maximum Gasteiger partial charge on any atom is 0.229 e. The first-order chi connectivity index (χ1) is 13.4. The highest BCUT2D eigenvalue weighted by Crippen LogP contribution is 2.44. The van der Waals surface area contributed by atoms with Gasteiger partial charge in [-0.1, -0.05) is 43.7 Å². The maximum absolute atomic E-state index is 13.7. The molecule has 0 spiro atoms. The zero-order valence-electron chi connectivity index (χ0n) is 17.0. The SMILES string of the molecule is C=CC[C@@]1(C)CCC(c2ccc(Cl)cc2)N([C@@H](CC)CN2CCCC2=O)C1=O. The van der Waals surface area contributed by atoms with Gasteiger partial charge < -0.3 is 9.80 Å². The van der Waals surface area contributed by atoms with Crippen LogP contribution in [0.25, 0.3) is 0 Å². The molecule has 5 heteroatoms. The van der Waals surface area contributed by atoms with E-state index in [1.807, 2.05) is 35.2 Å². The van der Waals surface area contributed by atoms with E-state index in [1.54, 1.807) is 0 Å². The number of piperidine rings is 1. The van der Waals surface area contributed by atoms with Crippen LogP contribution in [0, 0.1) is 5.41 Å². The number of nitrogens with zero attached hydrogens (tertiary/aromatic N) is 2. The molecule has 0 saturated carbocycles. The summed E-state index contributed by atoms with van der Waals surface area (Å²) in [5.41, 5.74) is 0.692. The van der Waals surface area contributed by atoms with Crippen LogP contribution in [-0.4, -0.2) is 40.7 Å². The first kappa shape index (κ1) is 20.9. The van der Waals surface area contributed by atoms with E-state index in [0.717, 1.165) is 37.8 Å². The highest BCUT2D eigenvalue weighted by atomic mass is 35.5. The largest absolute Gasteiger partial charge is 0.341 e. The average Bonchev–Trinajstić information content (AvgIpc) is 3.08. The van der Waals surface area contributed by atoms with E-state index in [4.69, 9.17) is 11.6 Å². The lowest BCUT2D eigenvalue weighted by molar-refractivity contribution is -0.154. The molecule has 1 aromatic rings. The quantitative estimate of drug-likeness (QED) is 0.603. The molecule has 0 radical (unpaired) electrons. The van der Waals surface area contributed by atoms with Gasteiger partial charge in [-0.3, -0.25) is 9.59 Å². The zero-order valence-corrected chi connectivity index (χ0v) is 17.8. The summed E-state index contributed by atoms with van der Waals surface area (Å²) in [5, 5.41) is 0.698. The Morgan fingerprint density at radius 1 is 1.32 bits per heavy atom. The molecule has 3 rings (SSSR count). The molecule has 2 fully saturated rings. The molecule has 3 atom stereocenters. The normalized spacial score (nSPS) is 26.6. The number of benzene rings is 1. The Bertz CT molecular complexity index is 733. The smallest absolute Gasteiger partial charge is 0.229 e. The van der Waals surface area contributed by atoms with Gasteiger partial charge in [0.1, 0.15) is 0 Å². The van der Waals surface area contributed by atoms with Crippen molar-refractivity contribution < 1.29 is 9.59 Å². The Balaban J connectivity index is 1.94. The van der Waals surface area contributed by atoms with Crippen molar-refractivity contribution in [2.24, 2.45) is 5.41 Å². The minimum Gasteiger partial charge on any atom is -0.341 e. The summed E-state index contributed by atoms with van der Waals surface area (Å²) in [6, 6.07) is 7.86. The van der Waals surface area contributed by atoms with Crippen LogP contribution in [0.5, 0.6) is 0 Å². The molecule has 1 unspecified atom stereocenters. The van der Waals surface area contributed by atoms with E-state index in [2.05, 4.69) is 25.3 Å². The van der Waals surface area contributed by atoms with Crippen LogP contribution >= 0.6 is 11.6 Å². The summed E-state index contributed by atoms with van der Waals surface area (Å²) in [7, 11) is 0. The molecule has 0 aromatic heterocycles. The number of carbonyl (C=O) groups excluding carboxylic acids is 2. The standard InChI is InChI=1S/C23H31ClN2O2/c1-4-13-23(3)14-12-20(17-8-10-18(24)11-9-17)26(22(23)28)19(5-2)16-25-15-6-7-21(25)27/h4,8-11,19-20H,1,5-7,12-16H2,2-3H3/t19-,20?,23-/m0/s1. The number of allylic oxidation sites excluding steroid dienone is 1. The Kier molecular flexibility index (Phi) is 6.49. The van der Waals surface area contributed by atoms with E-state index in [1.165, 1.54) is 0 Å². The number of hydrogen-bond acceptors (Lipinski definition) is 2. The molecule has 2 saturated heterocycles. The summed E-state index contributed by atoms with van der Waals surface area (Å²) in [5.74, 6) is 0.386. The summed E-state index contributed by atoms with van der Waals surface area (Å²) in [6.45, 7) is 9.44. The Morgan fingerprint density at radius 2 is 2.04 bits per heavy atom. The minimum absolute atomic E-state index is 0.0136. The second kappa shape index (κ2) is 8.69. The number of carbonyl (C=O) groups is 2. The molecule has 1 aromatic carbocycles. The van der Waals surface area contributed by atoms with Crippen molar-refractivity contribution in [3.63, 3.8) is 0 Å². The van der Waals surface area contributed by atoms with Gasteiger partial charge >= 0.3 is 0 Å². The second-order valence-electron chi connectivity index (χ2n) is 8.38.